The van der Waals surface area contributed by atoms with E-state index in [2.05, 4.69) is 4.98 Å². The van der Waals surface area contributed by atoms with E-state index < -0.39 is 0 Å². The number of thiophene rings is 1. The van der Waals surface area contributed by atoms with Crippen LogP contribution in [0.1, 0.15) is 25.7 Å². The van der Waals surface area contributed by atoms with Gasteiger partial charge in [0, 0.05) is 29.7 Å². The van der Waals surface area contributed by atoms with Gasteiger partial charge in [0.15, 0.2) is 0 Å². The number of aromatic amines is 1. The van der Waals surface area contributed by atoms with Crippen LogP contribution in [-0.4, -0.2) is 29.4 Å². The van der Waals surface area contributed by atoms with Crippen LogP contribution in [0.5, 0.6) is 5.75 Å². The lowest BCUT2D eigenvalue weighted by atomic mass is 10.0. The summed E-state index contributed by atoms with van der Waals surface area (Å²) in [5, 5.41) is 0. The Morgan fingerprint density at radius 2 is 2.00 bits per heavy atom. The molecule has 1 aliphatic heterocycles. The van der Waals surface area contributed by atoms with Crippen LogP contribution >= 0.6 is 11.3 Å². The van der Waals surface area contributed by atoms with Gasteiger partial charge in [0.25, 0.3) is 11.5 Å². The van der Waals surface area contributed by atoms with Gasteiger partial charge in [0.1, 0.15) is 5.75 Å². The van der Waals surface area contributed by atoms with Crippen LogP contribution in [0.15, 0.2) is 47.4 Å². The molecule has 3 heterocycles. The van der Waals surface area contributed by atoms with Crippen molar-refractivity contribution in [1.29, 1.82) is 0 Å². The summed E-state index contributed by atoms with van der Waals surface area (Å²) in [6, 6.07) is 11.7. The number of rotatable bonds is 3. The topological polar surface area (TPSA) is 62.4 Å². The number of H-pyrrole nitrogens is 1. The number of nitrogens with zero attached hydrogens (tertiary/aromatic N) is 1. The fourth-order valence-electron chi connectivity index (χ4n) is 3.48. The number of ether oxygens (including phenoxy) is 1. The molecule has 0 bridgehead atoms. The van der Waals surface area contributed by atoms with Crippen LogP contribution < -0.4 is 10.3 Å². The van der Waals surface area contributed by atoms with E-state index in [1.807, 2.05) is 48.2 Å². The van der Waals surface area contributed by atoms with Gasteiger partial charge in [0.2, 0.25) is 0 Å². The summed E-state index contributed by atoms with van der Waals surface area (Å²) >= 11 is 1.51. The Morgan fingerprint density at radius 3 is 2.74 bits per heavy atom. The number of aromatic nitrogens is 1. The molecule has 0 atom stereocenters. The zero-order valence-electron chi connectivity index (χ0n) is 15.2. The van der Waals surface area contributed by atoms with Crippen LogP contribution in [0.4, 0.5) is 0 Å². The van der Waals surface area contributed by atoms with Crippen molar-refractivity contribution in [1.82, 2.24) is 9.88 Å². The number of carbonyl (C=O) groups is 1. The molecule has 0 radical (unpaired) electrons. The highest BCUT2D eigenvalue weighted by molar-refractivity contribution is 7.14. The molecule has 0 spiro atoms. The van der Waals surface area contributed by atoms with Gasteiger partial charge < -0.3 is 14.6 Å². The van der Waals surface area contributed by atoms with Crippen molar-refractivity contribution in [3.63, 3.8) is 0 Å². The fourth-order valence-corrected chi connectivity index (χ4v) is 4.49. The third-order valence-corrected chi connectivity index (χ3v) is 6.01. The average Bonchev–Trinajstić information content (AvgIpc) is 3.09. The first-order valence-electron chi connectivity index (χ1n) is 8.80. The van der Waals surface area contributed by atoms with Gasteiger partial charge in [-0.1, -0.05) is 12.1 Å². The maximum Gasteiger partial charge on any atom is 0.264 e. The van der Waals surface area contributed by atoms with Crippen LogP contribution in [0, 0.1) is 6.92 Å². The number of nitrogens with one attached hydrogen (secondary N) is 1. The van der Waals surface area contributed by atoms with Crippen LogP contribution in [0.2, 0.25) is 0 Å². The van der Waals surface area contributed by atoms with Gasteiger partial charge in [-0.3, -0.25) is 9.59 Å². The number of hydrogen-bond acceptors (Lipinski definition) is 4. The lowest BCUT2D eigenvalue weighted by Gasteiger charge is -2.27. The van der Waals surface area contributed by atoms with E-state index in [9.17, 15) is 9.59 Å². The summed E-state index contributed by atoms with van der Waals surface area (Å²) in [5.41, 5.74) is 3.82. The molecule has 0 fully saturated rings. The third kappa shape index (κ3) is 3.28. The molecule has 0 aliphatic carbocycles. The first-order valence-corrected chi connectivity index (χ1v) is 9.62. The number of amides is 1. The number of methoxy groups -OCH3 is 1. The molecule has 1 aromatic carbocycles. The van der Waals surface area contributed by atoms with E-state index in [0.717, 1.165) is 37.8 Å². The molecule has 6 heteroatoms. The average molecular weight is 380 g/mol. The van der Waals surface area contributed by atoms with Crippen molar-refractivity contribution in [2.24, 2.45) is 0 Å². The van der Waals surface area contributed by atoms with E-state index in [1.54, 1.807) is 13.3 Å². The molecule has 4 rings (SSSR count). The predicted molar refractivity (Wildman–Crippen MR) is 107 cm³/mol. The van der Waals surface area contributed by atoms with Crippen molar-refractivity contribution in [3.8, 4) is 16.9 Å². The maximum absolute atomic E-state index is 13.0. The molecule has 5 nitrogen and oxygen atoms in total. The minimum atomic E-state index is -0.0478. The van der Waals surface area contributed by atoms with Crippen LogP contribution in [0.3, 0.4) is 0 Å². The molecule has 0 saturated heterocycles. The van der Waals surface area contributed by atoms with Gasteiger partial charge in [-0.25, -0.2) is 0 Å². The molecule has 138 valence electrons. The second-order valence-electron chi connectivity index (χ2n) is 6.60. The number of aryl methyl sites for hydroxylation is 1. The standard InChI is InChI=1S/C21H20N2O3S/c1-13-18(14-3-5-16(26-2)6-4-14)11-19(27-13)21(25)23-10-8-17-15(12-23)7-9-22-20(17)24/h3-7,9,11H,8,10,12H2,1-2H3,(H,22,24). The molecule has 0 unspecified atom stereocenters. The normalized spacial score (nSPS) is 13.3. The number of carbonyl (C=O) groups excluding carboxylic acids is 1. The molecular weight excluding hydrogens is 360 g/mol. The Labute approximate surface area is 161 Å². The second kappa shape index (κ2) is 7.04. The van der Waals surface area contributed by atoms with Gasteiger partial charge in [-0.05, 0) is 54.3 Å². The quantitative estimate of drug-likeness (QED) is 0.755. The number of pyridine rings is 1. The fraction of sp³-hybridized carbons (Fsp3) is 0.238. The predicted octanol–water partition coefficient (Wildman–Crippen LogP) is 3.62. The summed E-state index contributed by atoms with van der Waals surface area (Å²) in [7, 11) is 1.65. The van der Waals surface area contributed by atoms with E-state index in [1.165, 1.54) is 11.3 Å². The minimum Gasteiger partial charge on any atom is -0.497 e. The van der Waals surface area contributed by atoms with E-state index in [-0.39, 0.29) is 11.5 Å². The Balaban J connectivity index is 1.59. The first kappa shape index (κ1) is 17.5. The molecule has 3 aromatic rings. The van der Waals surface area contributed by atoms with E-state index >= 15 is 0 Å². The highest BCUT2D eigenvalue weighted by atomic mass is 32.1. The van der Waals surface area contributed by atoms with Crippen molar-refractivity contribution >= 4 is 17.2 Å². The third-order valence-electron chi connectivity index (χ3n) is 4.97. The van der Waals surface area contributed by atoms with Gasteiger partial charge in [0.05, 0.1) is 12.0 Å². The van der Waals surface area contributed by atoms with Crippen molar-refractivity contribution in [3.05, 3.63) is 73.8 Å². The van der Waals surface area contributed by atoms with E-state index in [0.29, 0.717) is 19.5 Å². The van der Waals surface area contributed by atoms with Gasteiger partial charge in [-0.15, -0.1) is 11.3 Å². The Kier molecular flexibility index (Phi) is 4.58. The number of benzene rings is 1. The Hall–Kier alpha value is -2.86. The van der Waals surface area contributed by atoms with Crippen molar-refractivity contribution in [2.45, 2.75) is 19.9 Å². The summed E-state index contributed by atoms with van der Waals surface area (Å²) in [6.45, 7) is 3.08. The van der Waals surface area contributed by atoms with E-state index in [4.69, 9.17) is 4.74 Å². The number of fused-ring (bicyclic) bond motifs is 1. The zero-order valence-corrected chi connectivity index (χ0v) is 16.1. The summed E-state index contributed by atoms with van der Waals surface area (Å²) < 4.78 is 5.21. The SMILES string of the molecule is COc1ccc(-c2cc(C(=O)N3CCc4c(cc[nH]c4=O)C3)sc2C)cc1. The lowest BCUT2D eigenvalue weighted by molar-refractivity contribution is 0.0739. The van der Waals surface area contributed by atoms with Crippen LogP contribution in [0.25, 0.3) is 11.1 Å². The van der Waals surface area contributed by atoms with Crippen LogP contribution in [-0.2, 0) is 13.0 Å². The smallest absolute Gasteiger partial charge is 0.264 e. The largest absolute Gasteiger partial charge is 0.497 e. The summed E-state index contributed by atoms with van der Waals surface area (Å²) in [5.74, 6) is 0.832. The monoisotopic (exact) mass is 380 g/mol. The summed E-state index contributed by atoms with van der Waals surface area (Å²) in [6.07, 6.45) is 2.24. The highest BCUT2D eigenvalue weighted by Gasteiger charge is 2.25. The molecule has 2 aromatic heterocycles. The lowest BCUT2D eigenvalue weighted by Crippen LogP contribution is -2.37. The van der Waals surface area contributed by atoms with Gasteiger partial charge >= 0.3 is 0 Å². The van der Waals surface area contributed by atoms with Crippen molar-refractivity contribution < 1.29 is 9.53 Å². The molecule has 1 amide bonds. The second-order valence-corrected chi connectivity index (χ2v) is 7.85. The summed E-state index contributed by atoms with van der Waals surface area (Å²) in [4.78, 5) is 31.3. The zero-order chi connectivity index (χ0) is 19.0. The molecule has 0 saturated carbocycles. The number of hydrogen-bond donors (Lipinski definition) is 1. The molecular formula is C21H20N2O3S. The molecule has 1 aliphatic rings. The Morgan fingerprint density at radius 1 is 1.22 bits per heavy atom. The Bertz CT molecular complexity index is 1050. The first-order chi connectivity index (χ1) is 13.1. The van der Waals surface area contributed by atoms with Gasteiger partial charge in [-0.2, -0.15) is 0 Å². The molecule has 1 N–H and O–H groups in total. The highest BCUT2D eigenvalue weighted by Crippen LogP contribution is 2.33. The van der Waals surface area contributed by atoms with Crippen molar-refractivity contribution in [2.75, 3.05) is 13.7 Å². The molecule has 27 heavy (non-hydrogen) atoms. The maximum atomic E-state index is 13.0. The minimum absolute atomic E-state index is 0.0220.